The lowest BCUT2D eigenvalue weighted by molar-refractivity contribution is 0.277. The van der Waals surface area contributed by atoms with Crippen LogP contribution in [0.4, 0.5) is 0 Å². The van der Waals surface area contributed by atoms with Crippen LogP contribution in [0.1, 0.15) is 12.6 Å². The normalized spacial score (nSPS) is 11.4. The minimum Gasteiger partial charge on any atom is -0.390 e. The number of aryl methyl sites for hydroxylation is 1. The number of hydrogen-bond acceptors (Lipinski definition) is 2. The highest BCUT2D eigenvalue weighted by atomic mass is 16.3. The maximum atomic E-state index is 9.16. The second kappa shape index (κ2) is 3.86. The Morgan fingerprint density at radius 3 is 2.71 bits per heavy atom. The van der Waals surface area contributed by atoms with Crippen molar-refractivity contribution in [3.8, 4) is 0 Å². The van der Waals surface area contributed by atoms with Gasteiger partial charge in [0.2, 0.25) is 0 Å². The molecule has 0 fully saturated rings. The molecule has 1 N–H and O–H groups in total. The first kappa shape index (κ1) is 10.3. The minimum absolute atomic E-state index is 0.0123. The summed E-state index contributed by atoms with van der Waals surface area (Å²) in [6.07, 6.45) is 0. The van der Waals surface area contributed by atoms with Crippen LogP contribution in [0.2, 0.25) is 0 Å². The summed E-state index contributed by atoms with van der Waals surface area (Å²) in [5.41, 5.74) is 4.03. The molecule has 0 aliphatic carbocycles. The monoisotopic (exact) mass is 226 g/mol. The summed E-state index contributed by atoms with van der Waals surface area (Å²) in [5, 5.41) is 10.3. The van der Waals surface area contributed by atoms with Gasteiger partial charge in [0.25, 0.3) is 0 Å². The molecule has 0 unspecified atom stereocenters. The summed E-state index contributed by atoms with van der Waals surface area (Å²) in [6.45, 7) is 3.04. The van der Waals surface area contributed by atoms with Gasteiger partial charge in [0, 0.05) is 11.9 Å². The van der Waals surface area contributed by atoms with E-state index in [1.165, 1.54) is 5.52 Å². The largest absolute Gasteiger partial charge is 0.390 e. The summed E-state index contributed by atoms with van der Waals surface area (Å²) in [4.78, 5) is 4.52. The summed E-state index contributed by atoms with van der Waals surface area (Å²) in [6, 6.07) is 12.2. The molecule has 86 valence electrons. The predicted octanol–water partition coefficient (Wildman–Crippen LogP) is 2.70. The quantitative estimate of drug-likeness (QED) is 0.729. The van der Waals surface area contributed by atoms with Crippen LogP contribution in [-0.4, -0.2) is 14.7 Å². The van der Waals surface area contributed by atoms with Gasteiger partial charge in [0.1, 0.15) is 0 Å². The van der Waals surface area contributed by atoms with Gasteiger partial charge >= 0.3 is 0 Å². The molecule has 0 aliphatic heterocycles. The van der Waals surface area contributed by atoms with Gasteiger partial charge in [-0.2, -0.15) is 0 Å². The highest BCUT2D eigenvalue weighted by Gasteiger charge is 2.10. The number of hydrogen-bond donors (Lipinski definition) is 1. The molecule has 0 radical (unpaired) electrons. The molecule has 0 aliphatic rings. The summed E-state index contributed by atoms with van der Waals surface area (Å²) in [5.74, 6) is 0. The summed E-state index contributed by atoms with van der Waals surface area (Å²) >= 11 is 0. The van der Waals surface area contributed by atoms with E-state index in [-0.39, 0.29) is 6.61 Å². The van der Waals surface area contributed by atoms with Crippen LogP contribution < -0.4 is 0 Å². The van der Waals surface area contributed by atoms with Gasteiger partial charge in [-0.05, 0) is 25.1 Å². The third-order valence-electron chi connectivity index (χ3n) is 3.15. The summed E-state index contributed by atoms with van der Waals surface area (Å²) < 4.78 is 2.25. The van der Waals surface area contributed by atoms with E-state index < -0.39 is 0 Å². The summed E-state index contributed by atoms with van der Waals surface area (Å²) in [7, 11) is 0. The Morgan fingerprint density at radius 1 is 1.12 bits per heavy atom. The standard InChI is InChI=1S/C14H14N2O/c1-2-16-12-6-4-3-5-11(12)14-13(16)8-7-10(9-17)15-14/h3-8,17H,2,9H2,1H3. The SMILES string of the molecule is CCn1c2ccccc2c2nc(CO)ccc21. The van der Waals surface area contributed by atoms with Crippen LogP contribution in [0, 0.1) is 0 Å². The molecule has 0 atom stereocenters. The number of pyridine rings is 1. The van der Waals surface area contributed by atoms with Gasteiger partial charge < -0.3 is 9.67 Å². The van der Waals surface area contributed by atoms with E-state index in [1.807, 2.05) is 24.3 Å². The van der Waals surface area contributed by atoms with Crippen LogP contribution in [0.3, 0.4) is 0 Å². The number of rotatable bonds is 2. The van der Waals surface area contributed by atoms with E-state index in [2.05, 4.69) is 28.6 Å². The average Bonchev–Trinajstić information content (AvgIpc) is 2.71. The maximum Gasteiger partial charge on any atom is 0.0964 e. The third-order valence-corrected chi connectivity index (χ3v) is 3.15. The Labute approximate surface area is 99.3 Å². The Bertz CT molecular complexity index is 685. The molecule has 0 bridgehead atoms. The molecule has 3 rings (SSSR count). The van der Waals surface area contributed by atoms with Crippen LogP contribution in [-0.2, 0) is 13.2 Å². The van der Waals surface area contributed by atoms with Crippen molar-refractivity contribution in [2.75, 3.05) is 0 Å². The van der Waals surface area contributed by atoms with Crippen molar-refractivity contribution in [3.63, 3.8) is 0 Å². The highest BCUT2D eigenvalue weighted by molar-refractivity contribution is 6.05. The minimum atomic E-state index is -0.0123. The number of aromatic nitrogens is 2. The van der Waals surface area contributed by atoms with Crippen molar-refractivity contribution in [1.29, 1.82) is 0 Å². The van der Waals surface area contributed by atoms with Crippen LogP contribution in [0.5, 0.6) is 0 Å². The Kier molecular flexibility index (Phi) is 2.34. The number of aliphatic hydroxyl groups excluding tert-OH is 1. The highest BCUT2D eigenvalue weighted by Crippen LogP contribution is 2.27. The zero-order chi connectivity index (χ0) is 11.8. The van der Waals surface area contributed by atoms with Crippen LogP contribution in [0.15, 0.2) is 36.4 Å². The van der Waals surface area contributed by atoms with Gasteiger partial charge in [-0.1, -0.05) is 18.2 Å². The zero-order valence-electron chi connectivity index (χ0n) is 9.72. The molecular weight excluding hydrogens is 212 g/mol. The van der Waals surface area contributed by atoms with Crippen molar-refractivity contribution < 1.29 is 5.11 Å². The molecule has 2 aromatic heterocycles. The molecule has 1 aromatic carbocycles. The van der Waals surface area contributed by atoms with Crippen molar-refractivity contribution in [1.82, 2.24) is 9.55 Å². The van der Waals surface area contributed by atoms with Crippen molar-refractivity contribution in [2.45, 2.75) is 20.1 Å². The predicted molar refractivity (Wildman–Crippen MR) is 68.8 cm³/mol. The lowest BCUT2D eigenvalue weighted by Crippen LogP contribution is -1.94. The van der Waals surface area contributed by atoms with E-state index in [0.717, 1.165) is 28.7 Å². The van der Waals surface area contributed by atoms with Gasteiger partial charge in [-0.15, -0.1) is 0 Å². The van der Waals surface area contributed by atoms with Gasteiger partial charge in [0.15, 0.2) is 0 Å². The number of fused-ring (bicyclic) bond motifs is 3. The van der Waals surface area contributed by atoms with E-state index >= 15 is 0 Å². The molecule has 0 amide bonds. The number of aliphatic hydroxyl groups is 1. The Balaban J connectivity index is 2.49. The first-order chi connectivity index (χ1) is 8.35. The molecule has 0 saturated carbocycles. The lowest BCUT2D eigenvalue weighted by Gasteiger charge is -2.02. The molecule has 3 aromatic rings. The van der Waals surface area contributed by atoms with E-state index in [9.17, 15) is 0 Å². The fraction of sp³-hybridized carbons (Fsp3) is 0.214. The molecule has 3 nitrogen and oxygen atoms in total. The lowest BCUT2D eigenvalue weighted by atomic mass is 10.2. The van der Waals surface area contributed by atoms with Crippen molar-refractivity contribution >= 4 is 21.9 Å². The van der Waals surface area contributed by atoms with E-state index in [4.69, 9.17) is 5.11 Å². The second-order valence-electron chi connectivity index (χ2n) is 4.09. The molecule has 0 spiro atoms. The van der Waals surface area contributed by atoms with E-state index in [0.29, 0.717) is 0 Å². The number of nitrogens with zero attached hydrogens (tertiary/aromatic N) is 2. The topological polar surface area (TPSA) is 38.0 Å². The molecule has 0 saturated heterocycles. The maximum absolute atomic E-state index is 9.16. The van der Waals surface area contributed by atoms with Gasteiger partial charge in [-0.3, -0.25) is 0 Å². The van der Waals surface area contributed by atoms with Crippen molar-refractivity contribution in [2.24, 2.45) is 0 Å². The smallest absolute Gasteiger partial charge is 0.0964 e. The number of benzene rings is 1. The van der Waals surface area contributed by atoms with Crippen molar-refractivity contribution in [3.05, 3.63) is 42.1 Å². The zero-order valence-corrected chi connectivity index (χ0v) is 9.72. The third kappa shape index (κ3) is 1.43. The Morgan fingerprint density at radius 2 is 1.94 bits per heavy atom. The molecule has 3 heteroatoms. The molecule has 2 heterocycles. The molecular formula is C14H14N2O. The molecule has 17 heavy (non-hydrogen) atoms. The van der Waals surface area contributed by atoms with Gasteiger partial charge in [0.05, 0.1) is 28.9 Å². The van der Waals surface area contributed by atoms with Crippen LogP contribution >= 0.6 is 0 Å². The van der Waals surface area contributed by atoms with E-state index in [1.54, 1.807) is 0 Å². The fourth-order valence-electron chi connectivity index (χ4n) is 2.38. The Hall–Kier alpha value is -1.87. The first-order valence-corrected chi connectivity index (χ1v) is 5.83. The van der Waals surface area contributed by atoms with Crippen LogP contribution in [0.25, 0.3) is 21.9 Å². The van der Waals surface area contributed by atoms with Gasteiger partial charge in [-0.25, -0.2) is 4.98 Å². The second-order valence-corrected chi connectivity index (χ2v) is 4.09. The average molecular weight is 226 g/mol. The fourth-order valence-corrected chi connectivity index (χ4v) is 2.38. The number of para-hydroxylation sites is 1. The first-order valence-electron chi connectivity index (χ1n) is 5.83.